The number of ether oxygens (including phenoxy) is 1. The molecule has 1 fully saturated rings. The smallest absolute Gasteiger partial charge is 0.338 e. The van der Waals surface area contributed by atoms with Gasteiger partial charge in [0.25, 0.3) is 10.0 Å². The van der Waals surface area contributed by atoms with E-state index in [9.17, 15) is 21.6 Å². The van der Waals surface area contributed by atoms with Crippen LogP contribution in [0.3, 0.4) is 0 Å². The quantitative estimate of drug-likeness (QED) is 0.628. The average molecular weight is 467 g/mol. The van der Waals surface area contributed by atoms with Crippen molar-refractivity contribution in [1.29, 1.82) is 0 Å². The molecule has 0 amide bonds. The SMILES string of the molecule is CCOC(=O)c1ccc(S(=O)(=O)Nc2ccc(C)c(S(=O)(=O)N3CCCCC3)c2)cc1. The van der Waals surface area contributed by atoms with E-state index in [-0.39, 0.29) is 27.6 Å². The average Bonchev–Trinajstić information content (AvgIpc) is 2.75. The van der Waals surface area contributed by atoms with Gasteiger partial charge < -0.3 is 4.74 Å². The van der Waals surface area contributed by atoms with Crippen molar-refractivity contribution in [2.24, 2.45) is 0 Å². The van der Waals surface area contributed by atoms with Crippen molar-refractivity contribution in [2.45, 2.75) is 42.9 Å². The van der Waals surface area contributed by atoms with Crippen LogP contribution >= 0.6 is 0 Å². The molecule has 0 unspecified atom stereocenters. The zero-order valence-corrected chi connectivity index (χ0v) is 19.1. The standard InChI is InChI=1S/C21H26N2O6S2/c1-3-29-21(24)17-8-11-19(12-9-17)30(25,26)22-18-10-7-16(2)20(15-18)31(27,28)23-13-5-4-6-14-23/h7-12,15,22H,3-6,13-14H2,1-2H3. The fraction of sp³-hybridized carbons (Fsp3) is 0.381. The van der Waals surface area contributed by atoms with Crippen molar-refractivity contribution in [3.63, 3.8) is 0 Å². The van der Waals surface area contributed by atoms with E-state index in [1.54, 1.807) is 19.9 Å². The van der Waals surface area contributed by atoms with Gasteiger partial charge in [0.05, 0.1) is 27.6 Å². The van der Waals surface area contributed by atoms with Crippen molar-refractivity contribution >= 4 is 31.7 Å². The van der Waals surface area contributed by atoms with Gasteiger partial charge in [-0.1, -0.05) is 12.5 Å². The van der Waals surface area contributed by atoms with Crippen LogP contribution in [0.2, 0.25) is 0 Å². The van der Waals surface area contributed by atoms with Crippen molar-refractivity contribution in [1.82, 2.24) is 4.31 Å². The molecular weight excluding hydrogens is 440 g/mol. The second kappa shape index (κ2) is 9.37. The number of aryl methyl sites for hydroxylation is 1. The molecule has 1 aliphatic heterocycles. The molecule has 1 aliphatic rings. The molecule has 1 N–H and O–H groups in total. The second-order valence-electron chi connectivity index (χ2n) is 7.30. The third-order valence-corrected chi connectivity index (χ3v) is 8.49. The predicted octanol–water partition coefficient (Wildman–Crippen LogP) is 3.15. The summed E-state index contributed by atoms with van der Waals surface area (Å²) in [7, 11) is -7.69. The molecule has 0 radical (unpaired) electrons. The zero-order valence-electron chi connectivity index (χ0n) is 17.5. The summed E-state index contributed by atoms with van der Waals surface area (Å²) in [5.74, 6) is -0.537. The number of hydrogen-bond donors (Lipinski definition) is 1. The number of hydrogen-bond acceptors (Lipinski definition) is 6. The van der Waals surface area contributed by atoms with Crippen LogP contribution in [0.5, 0.6) is 0 Å². The number of benzene rings is 2. The first kappa shape index (κ1) is 23.2. The molecule has 168 valence electrons. The number of esters is 1. The van der Waals surface area contributed by atoms with Crippen LogP contribution in [-0.2, 0) is 24.8 Å². The lowest BCUT2D eigenvalue weighted by Crippen LogP contribution is -2.36. The largest absolute Gasteiger partial charge is 0.462 e. The highest BCUT2D eigenvalue weighted by Crippen LogP contribution is 2.27. The maximum atomic E-state index is 13.1. The maximum Gasteiger partial charge on any atom is 0.338 e. The molecular formula is C21H26N2O6S2. The van der Waals surface area contributed by atoms with Gasteiger partial charge in [-0.25, -0.2) is 21.6 Å². The lowest BCUT2D eigenvalue weighted by molar-refractivity contribution is 0.0526. The van der Waals surface area contributed by atoms with E-state index in [4.69, 9.17) is 4.74 Å². The van der Waals surface area contributed by atoms with E-state index < -0.39 is 26.0 Å². The molecule has 0 aromatic heterocycles. The Kier molecular flexibility index (Phi) is 7.03. The Morgan fingerprint density at radius 3 is 2.26 bits per heavy atom. The molecule has 0 spiro atoms. The topological polar surface area (TPSA) is 110 Å². The first-order chi connectivity index (χ1) is 14.6. The second-order valence-corrected chi connectivity index (χ2v) is 10.9. The Balaban J connectivity index is 1.85. The molecule has 1 heterocycles. The van der Waals surface area contributed by atoms with Crippen molar-refractivity contribution in [3.8, 4) is 0 Å². The van der Waals surface area contributed by atoms with E-state index in [0.29, 0.717) is 18.7 Å². The van der Waals surface area contributed by atoms with Crippen LogP contribution in [-0.4, -0.2) is 46.8 Å². The normalized spacial score (nSPS) is 15.4. The summed E-state index contributed by atoms with van der Waals surface area (Å²) in [6.07, 6.45) is 2.62. The maximum absolute atomic E-state index is 13.1. The van der Waals surface area contributed by atoms with Gasteiger partial charge in [0.1, 0.15) is 0 Å². The van der Waals surface area contributed by atoms with E-state index in [1.807, 2.05) is 0 Å². The van der Waals surface area contributed by atoms with Gasteiger partial charge in [-0.3, -0.25) is 4.72 Å². The van der Waals surface area contributed by atoms with Crippen LogP contribution in [0.4, 0.5) is 5.69 Å². The van der Waals surface area contributed by atoms with Gasteiger partial charge in [-0.2, -0.15) is 4.31 Å². The molecule has 2 aromatic rings. The molecule has 0 atom stereocenters. The minimum Gasteiger partial charge on any atom is -0.462 e. The molecule has 8 nitrogen and oxygen atoms in total. The summed E-state index contributed by atoms with van der Waals surface area (Å²) in [5, 5.41) is 0. The Hall–Kier alpha value is -2.43. The lowest BCUT2D eigenvalue weighted by Gasteiger charge is -2.26. The molecule has 10 heteroatoms. The summed E-state index contributed by atoms with van der Waals surface area (Å²) in [6.45, 7) is 4.51. The van der Waals surface area contributed by atoms with Crippen LogP contribution < -0.4 is 4.72 Å². The summed E-state index contributed by atoms with van der Waals surface area (Å²) >= 11 is 0. The molecule has 2 aromatic carbocycles. The summed E-state index contributed by atoms with van der Waals surface area (Å²) in [5.41, 5.74) is 0.939. The van der Waals surface area contributed by atoms with E-state index in [1.165, 1.54) is 40.7 Å². The first-order valence-electron chi connectivity index (χ1n) is 10.1. The number of anilines is 1. The third kappa shape index (κ3) is 5.25. The van der Waals surface area contributed by atoms with E-state index in [2.05, 4.69) is 4.72 Å². The number of piperidine rings is 1. The number of rotatable bonds is 7. The van der Waals surface area contributed by atoms with Crippen molar-refractivity contribution in [2.75, 3.05) is 24.4 Å². The van der Waals surface area contributed by atoms with Crippen LogP contribution in [0.25, 0.3) is 0 Å². The Labute approximate surface area is 183 Å². The summed E-state index contributed by atoms with van der Waals surface area (Å²) < 4.78 is 60.4. The highest BCUT2D eigenvalue weighted by molar-refractivity contribution is 7.92. The lowest BCUT2D eigenvalue weighted by atomic mass is 10.2. The molecule has 1 saturated heterocycles. The van der Waals surface area contributed by atoms with Gasteiger partial charge in [-0.15, -0.1) is 0 Å². The van der Waals surface area contributed by atoms with Gasteiger partial charge in [0.15, 0.2) is 0 Å². The number of nitrogens with one attached hydrogen (secondary N) is 1. The highest BCUT2D eigenvalue weighted by Gasteiger charge is 2.28. The van der Waals surface area contributed by atoms with E-state index in [0.717, 1.165) is 19.3 Å². The Morgan fingerprint density at radius 1 is 1.00 bits per heavy atom. The molecule has 0 saturated carbocycles. The third-order valence-electron chi connectivity index (χ3n) is 5.05. The molecule has 0 bridgehead atoms. The Bertz CT molecular complexity index is 1150. The number of nitrogens with zero attached hydrogens (tertiary/aromatic N) is 1. The number of sulfonamides is 2. The molecule has 3 rings (SSSR count). The van der Waals surface area contributed by atoms with Crippen molar-refractivity contribution < 1.29 is 26.4 Å². The van der Waals surface area contributed by atoms with Gasteiger partial charge in [-0.05, 0) is 68.7 Å². The fourth-order valence-corrected chi connectivity index (χ4v) is 6.20. The minimum absolute atomic E-state index is 0.0541. The molecule has 0 aliphatic carbocycles. The Morgan fingerprint density at radius 2 is 1.65 bits per heavy atom. The van der Waals surface area contributed by atoms with Crippen molar-refractivity contribution in [3.05, 3.63) is 53.6 Å². The van der Waals surface area contributed by atoms with E-state index >= 15 is 0 Å². The molecule has 31 heavy (non-hydrogen) atoms. The number of carbonyl (C=O) groups is 1. The monoisotopic (exact) mass is 466 g/mol. The van der Waals surface area contributed by atoms with Crippen LogP contribution in [0, 0.1) is 6.92 Å². The summed E-state index contributed by atoms with van der Waals surface area (Å²) in [6, 6.07) is 9.79. The predicted molar refractivity (Wildman–Crippen MR) is 117 cm³/mol. The van der Waals surface area contributed by atoms with Crippen LogP contribution in [0.15, 0.2) is 52.3 Å². The van der Waals surface area contributed by atoms with Crippen LogP contribution in [0.1, 0.15) is 42.1 Å². The first-order valence-corrected chi connectivity index (χ1v) is 13.0. The number of carbonyl (C=O) groups excluding carboxylic acids is 1. The van der Waals surface area contributed by atoms with Gasteiger partial charge in [0, 0.05) is 13.1 Å². The van der Waals surface area contributed by atoms with Gasteiger partial charge in [0.2, 0.25) is 10.0 Å². The summed E-state index contributed by atoms with van der Waals surface area (Å²) in [4.78, 5) is 11.8. The van der Waals surface area contributed by atoms with Gasteiger partial charge >= 0.3 is 5.97 Å². The highest BCUT2D eigenvalue weighted by atomic mass is 32.2. The zero-order chi connectivity index (χ0) is 22.6. The minimum atomic E-state index is -3.98. The fourth-order valence-electron chi connectivity index (χ4n) is 3.38.